The van der Waals surface area contributed by atoms with Crippen molar-refractivity contribution in [2.75, 3.05) is 7.11 Å². The molecule has 1 N–H and O–H groups in total. The van der Waals surface area contributed by atoms with Crippen LogP contribution >= 0.6 is 0 Å². The van der Waals surface area contributed by atoms with Gasteiger partial charge in [-0.05, 0) is 63.2 Å². The maximum atomic E-state index is 11.2. The van der Waals surface area contributed by atoms with Crippen molar-refractivity contribution in [2.45, 2.75) is 96.5 Å². The molecule has 0 radical (unpaired) electrons. The Labute approximate surface area is 153 Å². The quantitative estimate of drug-likeness (QED) is 0.198. The number of rotatable bonds is 14. The van der Waals surface area contributed by atoms with Gasteiger partial charge in [-0.15, -0.1) is 0 Å². The van der Waals surface area contributed by atoms with Gasteiger partial charge in [0.15, 0.2) is 0 Å². The van der Waals surface area contributed by atoms with E-state index in [1.54, 1.807) is 0 Å². The molecule has 4 nitrogen and oxygen atoms in total. The van der Waals surface area contributed by atoms with Crippen LogP contribution in [0.3, 0.4) is 0 Å². The maximum absolute atomic E-state index is 11.2. The maximum Gasteiger partial charge on any atom is 0.342 e. The first-order valence-electron chi connectivity index (χ1n) is 10.3. The van der Waals surface area contributed by atoms with Crippen molar-refractivity contribution in [3.63, 3.8) is 0 Å². The molecule has 0 spiro atoms. The number of aliphatic hydroxyl groups excluding tert-OH is 1. The van der Waals surface area contributed by atoms with Crippen LogP contribution in [0.5, 0.6) is 0 Å². The minimum atomic E-state index is -0.366. The van der Waals surface area contributed by atoms with Gasteiger partial charge in [0.05, 0.1) is 13.2 Å². The molecule has 0 aromatic rings. The van der Waals surface area contributed by atoms with E-state index in [4.69, 9.17) is 0 Å². The van der Waals surface area contributed by atoms with E-state index in [9.17, 15) is 9.90 Å². The first-order chi connectivity index (χ1) is 12.2. The molecule has 4 heteroatoms. The van der Waals surface area contributed by atoms with E-state index < -0.39 is 0 Å². The summed E-state index contributed by atoms with van der Waals surface area (Å²) in [5, 5.41) is 10.1. The van der Waals surface area contributed by atoms with Crippen LogP contribution in [0.15, 0.2) is 12.2 Å². The monoisotopic (exact) mass is 354 g/mol. The highest BCUT2D eigenvalue weighted by Gasteiger charge is 2.25. The minimum absolute atomic E-state index is 0.303. The number of unbranched alkanes of at least 4 members (excludes halogenated alkanes) is 4. The fourth-order valence-electron chi connectivity index (χ4n) is 3.80. The Balaban J connectivity index is 2.15. The number of aliphatic hydroxyl groups is 1. The van der Waals surface area contributed by atoms with Crippen LogP contribution in [0, 0.1) is 11.8 Å². The lowest BCUT2D eigenvalue weighted by Gasteiger charge is -2.18. The molecule has 3 atom stereocenters. The molecule has 0 heterocycles. The molecule has 1 aliphatic rings. The fourth-order valence-corrected chi connectivity index (χ4v) is 3.80. The Bertz CT molecular complexity index is 367. The lowest BCUT2D eigenvalue weighted by atomic mass is 9.89. The molecule has 0 aromatic carbocycles. The van der Waals surface area contributed by atoms with E-state index in [1.165, 1.54) is 58.5 Å². The lowest BCUT2D eigenvalue weighted by molar-refractivity contribution is -0.255. The highest BCUT2D eigenvalue weighted by Crippen LogP contribution is 2.36. The Kier molecular flexibility index (Phi) is 12.7. The van der Waals surface area contributed by atoms with Gasteiger partial charge in [-0.25, -0.2) is 4.79 Å². The Morgan fingerprint density at radius 3 is 2.80 bits per heavy atom. The van der Waals surface area contributed by atoms with Crippen molar-refractivity contribution in [3.8, 4) is 0 Å². The molecule has 25 heavy (non-hydrogen) atoms. The van der Waals surface area contributed by atoms with Crippen molar-refractivity contribution < 1.29 is 19.7 Å². The van der Waals surface area contributed by atoms with Gasteiger partial charge in [-0.2, -0.15) is 4.89 Å². The van der Waals surface area contributed by atoms with Crippen LogP contribution in [-0.4, -0.2) is 24.3 Å². The summed E-state index contributed by atoms with van der Waals surface area (Å²) < 4.78 is 0. The number of carbonyl (C=O) groups excluding carboxylic acids is 1. The van der Waals surface area contributed by atoms with Crippen LogP contribution in [0.1, 0.15) is 90.4 Å². The zero-order valence-corrected chi connectivity index (χ0v) is 16.3. The van der Waals surface area contributed by atoms with Gasteiger partial charge in [-0.3, -0.25) is 4.89 Å². The first kappa shape index (κ1) is 22.2. The molecule has 1 rings (SSSR count). The van der Waals surface area contributed by atoms with Crippen molar-refractivity contribution >= 4 is 5.97 Å². The molecule has 1 unspecified atom stereocenters. The topological polar surface area (TPSA) is 55.8 Å². The molecule has 0 saturated heterocycles. The van der Waals surface area contributed by atoms with Gasteiger partial charge < -0.3 is 5.11 Å². The van der Waals surface area contributed by atoms with Gasteiger partial charge in [0.1, 0.15) is 0 Å². The molecular formula is C21H38O4. The van der Waals surface area contributed by atoms with E-state index in [-0.39, 0.29) is 12.1 Å². The zero-order valence-electron chi connectivity index (χ0n) is 16.3. The molecule has 0 aromatic heterocycles. The number of carbonyl (C=O) groups is 1. The Morgan fingerprint density at radius 2 is 2.04 bits per heavy atom. The third-order valence-electron chi connectivity index (χ3n) is 5.29. The van der Waals surface area contributed by atoms with Crippen molar-refractivity contribution in [1.29, 1.82) is 0 Å². The summed E-state index contributed by atoms with van der Waals surface area (Å²) in [5.41, 5.74) is 0. The predicted molar refractivity (Wildman–Crippen MR) is 101 cm³/mol. The Morgan fingerprint density at radius 1 is 1.20 bits per heavy atom. The van der Waals surface area contributed by atoms with E-state index in [1.807, 2.05) is 0 Å². The summed E-state index contributed by atoms with van der Waals surface area (Å²) in [6.07, 6.45) is 18.5. The summed E-state index contributed by atoms with van der Waals surface area (Å²) in [4.78, 5) is 19.9. The highest BCUT2D eigenvalue weighted by molar-refractivity contribution is 5.68. The van der Waals surface area contributed by atoms with Gasteiger partial charge in [0, 0.05) is 6.42 Å². The second-order valence-electron chi connectivity index (χ2n) is 7.38. The molecule has 1 saturated carbocycles. The molecule has 146 valence electrons. The standard InChI is InChI=1S/C21H38O4/c1-3-4-5-6-7-8-11-18-12-9-13-19(18)16-17-20(22)14-10-15-21(23)25-24-2/h8,11,18-20,22H,3-7,9-10,12-17H2,1-2H3/t18-,19+,20?/m0/s1. The summed E-state index contributed by atoms with van der Waals surface area (Å²) in [6, 6.07) is 0. The van der Waals surface area contributed by atoms with Gasteiger partial charge in [0.25, 0.3) is 0 Å². The summed E-state index contributed by atoms with van der Waals surface area (Å²) in [6.45, 7) is 2.25. The third-order valence-corrected chi connectivity index (χ3v) is 5.29. The average molecular weight is 355 g/mol. The van der Waals surface area contributed by atoms with Crippen LogP contribution in [0.2, 0.25) is 0 Å². The number of allylic oxidation sites excluding steroid dienone is 2. The van der Waals surface area contributed by atoms with Crippen LogP contribution < -0.4 is 0 Å². The first-order valence-corrected chi connectivity index (χ1v) is 10.3. The van der Waals surface area contributed by atoms with Crippen LogP contribution in [0.4, 0.5) is 0 Å². The van der Waals surface area contributed by atoms with E-state index in [2.05, 4.69) is 28.9 Å². The van der Waals surface area contributed by atoms with Gasteiger partial charge in [-0.1, -0.05) is 44.8 Å². The van der Waals surface area contributed by atoms with Gasteiger partial charge >= 0.3 is 5.97 Å². The lowest BCUT2D eigenvalue weighted by Crippen LogP contribution is -2.13. The normalized spacial score (nSPS) is 21.7. The summed E-state index contributed by atoms with van der Waals surface area (Å²) >= 11 is 0. The largest absolute Gasteiger partial charge is 0.393 e. The van der Waals surface area contributed by atoms with E-state index in [0.29, 0.717) is 25.2 Å². The molecular weight excluding hydrogens is 316 g/mol. The summed E-state index contributed by atoms with van der Waals surface area (Å²) in [7, 11) is 1.32. The third kappa shape index (κ3) is 10.7. The number of hydrogen-bond acceptors (Lipinski definition) is 4. The molecule has 1 aliphatic carbocycles. The predicted octanol–water partition coefficient (Wildman–Crippen LogP) is 5.35. The van der Waals surface area contributed by atoms with Crippen LogP contribution in [-0.2, 0) is 14.6 Å². The molecule has 0 aliphatic heterocycles. The van der Waals surface area contributed by atoms with E-state index >= 15 is 0 Å². The Hall–Kier alpha value is -0.870. The smallest absolute Gasteiger partial charge is 0.342 e. The zero-order chi connectivity index (χ0) is 18.3. The van der Waals surface area contributed by atoms with Crippen molar-refractivity contribution in [2.24, 2.45) is 11.8 Å². The number of hydrogen-bond donors (Lipinski definition) is 1. The second kappa shape index (κ2) is 14.3. The molecule has 1 fully saturated rings. The van der Waals surface area contributed by atoms with Gasteiger partial charge in [0.2, 0.25) is 0 Å². The molecule has 0 bridgehead atoms. The summed E-state index contributed by atoms with van der Waals surface area (Å²) in [5.74, 6) is 1.06. The second-order valence-corrected chi connectivity index (χ2v) is 7.38. The average Bonchev–Trinajstić information content (AvgIpc) is 3.04. The molecule has 0 amide bonds. The van der Waals surface area contributed by atoms with Crippen molar-refractivity contribution in [1.82, 2.24) is 0 Å². The van der Waals surface area contributed by atoms with Crippen LogP contribution in [0.25, 0.3) is 0 Å². The fraction of sp³-hybridized carbons (Fsp3) is 0.857. The SMILES string of the molecule is CCCCCCC=C[C@H]1CCC[C@@H]1CCC(O)CCCC(=O)OOC. The van der Waals surface area contributed by atoms with Crippen molar-refractivity contribution in [3.05, 3.63) is 12.2 Å². The van der Waals surface area contributed by atoms with E-state index in [0.717, 1.165) is 18.8 Å². The highest BCUT2D eigenvalue weighted by atomic mass is 17.2. The minimum Gasteiger partial charge on any atom is -0.393 e.